The van der Waals surface area contributed by atoms with Gasteiger partial charge in [-0.3, -0.25) is 0 Å². The second kappa shape index (κ2) is 5.72. The molecule has 1 aromatic rings. The second-order valence-corrected chi connectivity index (χ2v) is 5.73. The highest BCUT2D eigenvalue weighted by Crippen LogP contribution is 2.37. The molecule has 1 unspecified atom stereocenters. The first kappa shape index (κ1) is 12.0. The molecule has 88 valence electrons. The van der Waals surface area contributed by atoms with Crippen LogP contribution in [0.5, 0.6) is 5.75 Å². The summed E-state index contributed by atoms with van der Waals surface area (Å²) >= 11 is 3.80. The van der Waals surface area contributed by atoms with Crippen LogP contribution in [0.2, 0.25) is 0 Å². The third-order valence-electron chi connectivity index (χ3n) is 3.49. The molecule has 1 atom stereocenters. The van der Waals surface area contributed by atoms with Crippen LogP contribution in [0.3, 0.4) is 0 Å². The maximum atomic E-state index is 5.17. The minimum atomic E-state index is 0.501. The number of rotatable bonds is 4. The van der Waals surface area contributed by atoms with Gasteiger partial charge in [0.2, 0.25) is 0 Å². The summed E-state index contributed by atoms with van der Waals surface area (Å²) in [6.45, 7) is 0. The molecule has 1 fully saturated rings. The van der Waals surface area contributed by atoms with Gasteiger partial charge >= 0.3 is 0 Å². The maximum Gasteiger partial charge on any atom is 0.118 e. The van der Waals surface area contributed by atoms with Gasteiger partial charge in [-0.05, 0) is 30.0 Å². The first-order valence-electron chi connectivity index (χ1n) is 6.07. The zero-order valence-corrected chi connectivity index (χ0v) is 11.4. The minimum Gasteiger partial charge on any atom is -0.497 e. The molecular formula is C14H19BrO. The molecule has 0 saturated heterocycles. The topological polar surface area (TPSA) is 9.23 Å². The number of methoxy groups -OCH3 is 1. The minimum absolute atomic E-state index is 0.501. The Kier molecular flexibility index (Phi) is 4.28. The normalized spacial score (nSPS) is 18.6. The fraction of sp³-hybridized carbons (Fsp3) is 0.571. The van der Waals surface area contributed by atoms with Gasteiger partial charge < -0.3 is 4.74 Å². The smallest absolute Gasteiger partial charge is 0.118 e. The molecule has 0 aromatic heterocycles. The van der Waals surface area contributed by atoms with E-state index in [0.29, 0.717) is 4.83 Å². The van der Waals surface area contributed by atoms with Crippen molar-refractivity contribution in [1.29, 1.82) is 0 Å². The van der Waals surface area contributed by atoms with E-state index in [9.17, 15) is 0 Å². The molecule has 1 aromatic carbocycles. The lowest BCUT2D eigenvalue weighted by Crippen LogP contribution is -1.99. The van der Waals surface area contributed by atoms with Crippen LogP contribution in [0.15, 0.2) is 24.3 Å². The van der Waals surface area contributed by atoms with Gasteiger partial charge in [0.15, 0.2) is 0 Å². The van der Waals surface area contributed by atoms with Crippen molar-refractivity contribution in [2.75, 3.05) is 7.11 Å². The Balaban J connectivity index is 1.94. The van der Waals surface area contributed by atoms with Gasteiger partial charge in [0.25, 0.3) is 0 Å². The summed E-state index contributed by atoms with van der Waals surface area (Å²) in [5.41, 5.74) is 1.37. The van der Waals surface area contributed by atoms with Crippen molar-refractivity contribution >= 4 is 15.9 Å². The molecule has 0 heterocycles. The van der Waals surface area contributed by atoms with Crippen molar-refractivity contribution in [3.8, 4) is 5.75 Å². The van der Waals surface area contributed by atoms with Crippen molar-refractivity contribution in [3.63, 3.8) is 0 Å². The summed E-state index contributed by atoms with van der Waals surface area (Å²) in [6.07, 6.45) is 6.95. The summed E-state index contributed by atoms with van der Waals surface area (Å²) < 4.78 is 5.17. The largest absolute Gasteiger partial charge is 0.497 e. The molecule has 1 saturated carbocycles. The summed E-state index contributed by atoms with van der Waals surface area (Å²) in [5.74, 6) is 1.86. The predicted molar refractivity (Wildman–Crippen MR) is 71.2 cm³/mol. The number of benzene rings is 1. The van der Waals surface area contributed by atoms with Gasteiger partial charge in [0.1, 0.15) is 5.75 Å². The average molecular weight is 283 g/mol. The SMILES string of the molecule is COc1ccc(C(Br)CC2CCCC2)cc1. The third-order valence-corrected chi connectivity index (χ3v) is 4.39. The van der Waals surface area contributed by atoms with Crippen LogP contribution in [0.25, 0.3) is 0 Å². The van der Waals surface area contributed by atoms with Crippen molar-refractivity contribution < 1.29 is 4.74 Å². The molecule has 0 N–H and O–H groups in total. The van der Waals surface area contributed by atoms with E-state index < -0.39 is 0 Å². The van der Waals surface area contributed by atoms with E-state index in [2.05, 4.69) is 28.1 Å². The zero-order valence-electron chi connectivity index (χ0n) is 9.79. The lowest BCUT2D eigenvalue weighted by molar-refractivity contribution is 0.414. The molecule has 2 heteroatoms. The summed E-state index contributed by atoms with van der Waals surface area (Å²) in [4.78, 5) is 0.501. The Morgan fingerprint density at radius 1 is 1.25 bits per heavy atom. The van der Waals surface area contributed by atoms with Crippen LogP contribution in [0, 0.1) is 5.92 Å². The van der Waals surface area contributed by atoms with Gasteiger partial charge in [-0.1, -0.05) is 53.7 Å². The molecule has 0 amide bonds. The van der Waals surface area contributed by atoms with Crippen LogP contribution in [-0.2, 0) is 0 Å². The maximum absolute atomic E-state index is 5.17. The summed E-state index contributed by atoms with van der Waals surface area (Å²) in [6, 6.07) is 8.40. The Morgan fingerprint density at radius 2 is 1.88 bits per heavy atom. The van der Waals surface area contributed by atoms with E-state index in [1.165, 1.54) is 37.7 Å². The zero-order chi connectivity index (χ0) is 11.4. The standard InChI is InChI=1S/C14H19BrO/c1-16-13-8-6-12(7-9-13)14(15)10-11-4-2-3-5-11/h6-9,11,14H,2-5,10H2,1H3. The average Bonchev–Trinajstić information content (AvgIpc) is 2.82. The molecule has 0 bridgehead atoms. The highest BCUT2D eigenvalue weighted by molar-refractivity contribution is 9.09. The summed E-state index contributed by atoms with van der Waals surface area (Å²) in [5, 5.41) is 0. The molecule has 1 aliphatic rings. The highest BCUT2D eigenvalue weighted by Gasteiger charge is 2.19. The van der Waals surface area contributed by atoms with Gasteiger partial charge in [-0.15, -0.1) is 0 Å². The van der Waals surface area contributed by atoms with Crippen LogP contribution in [0.1, 0.15) is 42.5 Å². The van der Waals surface area contributed by atoms with Crippen LogP contribution >= 0.6 is 15.9 Å². The van der Waals surface area contributed by atoms with Crippen LogP contribution in [-0.4, -0.2) is 7.11 Å². The highest BCUT2D eigenvalue weighted by atomic mass is 79.9. The number of ether oxygens (including phenoxy) is 1. The fourth-order valence-electron chi connectivity index (χ4n) is 2.49. The molecule has 1 nitrogen and oxygen atoms in total. The van der Waals surface area contributed by atoms with E-state index in [1.54, 1.807) is 7.11 Å². The van der Waals surface area contributed by atoms with Gasteiger partial charge in [0.05, 0.1) is 7.11 Å². The first-order valence-corrected chi connectivity index (χ1v) is 6.99. The van der Waals surface area contributed by atoms with Crippen molar-refractivity contribution in [2.45, 2.75) is 36.9 Å². The van der Waals surface area contributed by atoms with E-state index >= 15 is 0 Å². The molecule has 0 spiro atoms. The van der Waals surface area contributed by atoms with Crippen molar-refractivity contribution in [1.82, 2.24) is 0 Å². The molecule has 0 radical (unpaired) electrons. The number of halogens is 1. The molecular weight excluding hydrogens is 264 g/mol. The third kappa shape index (κ3) is 3.00. The monoisotopic (exact) mass is 282 g/mol. The van der Waals surface area contributed by atoms with E-state index in [1.807, 2.05) is 12.1 Å². The van der Waals surface area contributed by atoms with Gasteiger partial charge in [0, 0.05) is 4.83 Å². The van der Waals surface area contributed by atoms with E-state index in [4.69, 9.17) is 4.74 Å². The number of alkyl halides is 1. The van der Waals surface area contributed by atoms with Crippen LogP contribution < -0.4 is 4.74 Å². The Hall–Kier alpha value is -0.500. The lowest BCUT2D eigenvalue weighted by Gasteiger charge is -2.15. The Morgan fingerprint density at radius 3 is 2.44 bits per heavy atom. The second-order valence-electron chi connectivity index (χ2n) is 4.63. The number of hydrogen-bond acceptors (Lipinski definition) is 1. The van der Waals surface area contributed by atoms with Gasteiger partial charge in [-0.2, -0.15) is 0 Å². The fourth-order valence-corrected chi connectivity index (χ4v) is 3.32. The van der Waals surface area contributed by atoms with Crippen molar-refractivity contribution in [3.05, 3.63) is 29.8 Å². The van der Waals surface area contributed by atoms with E-state index in [0.717, 1.165) is 11.7 Å². The molecule has 0 aliphatic heterocycles. The quantitative estimate of drug-likeness (QED) is 0.727. The predicted octanol–water partition coefficient (Wildman–Crippen LogP) is 4.71. The van der Waals surface area contributed by atoms with Crippen molar-refractivity contribution in [2.24, 2.45) is 5.92 Å². The van der Waals surface area contributed by atoms with E-state index in [-0.39, 0.29) is 0 Å². The Labute approximate surface area is 106 Å². The summed E-state index contributed by atoms with van der Waals surface area (Å²) in [7, 11) is 1.71. The molecule has 16 heavy (non-hydrogen) atoms. The lowest BCUT2D eigenvalue weighted by atomic mass is 9.98. The number of hydrogen-bond donors (Lipinski definition) is 0. The molecule has 1 aliphatic carbocycles. The van der Waals surface area contributed by atoms with Gasteiger partial charge in [-0.25, -0.2) is 0 Å². The molecule has 2 rings (SSSR count). The van der Waals surface area contributed by atoms with Crippen LogP contribution in [0.4, 0.5) is 0 Å². The Bertz CT molecular complexity index is 314. The first-order chi connectivity index (χ1) is 7.79.